The van der Waals surface area contributed by atoms with Crippen LogP contribution >= 0.6 is 0 Å². The Labute approximate surface area is 176 Å². The van der Waals surface area contributed by atoms with E-state index in [9.17, 15) is 14.7 Å². The Morgan fingerprint density at radius 1 is 1.10 bits per heavy atom. The fourth-order valence-electron chi connectivity index (χ4n) is 3.55. The van der Waals surface area contributed by atoms with Crippen LogP contribution in [-0.4, -0.2) is 58.3 Å². The van der Waals surface area contributed by atoms with Crippen molar-refractivity contribution in [3.63, 3.8) is 0 Å². The van der Waals surface area contributed by atoms with Crippen LogP contribution in [0.5, 0.6) is 0 Å². The third kappa shape index (κ3) is 6.89. The number of nitrogens with zero attached hydrogens (tertiary/aromatic N) is 2. The fraction of sp³-hybridized carbons (Fsp3) is 0.455. The van der Waals surface area contributed by atoms with E-state index in [0.29, 0.717) is 25.1 Å². The van der Waals surface area contributed by atoms with Crippen LogP contribution in [-0.2, 0) is 27.2 Å². The van der Waals surface area contributed by atoms with Crippen LogP contribution in [0, 0.1) is 0 Å². The highest BCUT2D eigenvalue weighted by Gasteiger charge is 2.32. The molecule has 2 amide bonds. The molecule has 30 heavy (non-hydrogen) atoms. The highest BCUT2D eigenvalue weighted by atomic mass is 16.5. The molecule has 0 aromatic carbocycles. The first-order valence-corrected chi connectivity index (χ1v) is 10.2. The van der Waals surface area contributed by atoms with Crippen LogP contribution in [0.4, 0.5) is 0 Å². The predicted molar refractivity (Wildman–Crippen MR) is 110 cm³/mol. The summed E-state index contributed by atoms with van der Waals surface area (Å²) in [6.45, 7) is 0.333. The Kier molecular flexibility index (Phi) is 8.29. The van der Waals surface area contributed by atoms with Gasteiger partial charge >= 0.3 is 0 Å². The summed E-state index contributed by atoms with van der Waals surface area (Å²) in [5.74, 6) is -0.239. The molecule has 3 atom stereocenters. The zero-order valence-corrected chi connectivity index (χ0v) is 16.9. The summed E-state index contributed by atoms with van der Waals surface area (Å²) in [6.07, 6.45) is 6.75. The maximum absolute atomic E-state index is 12.3. The van der Waals surface area contributed by atoms with Gasteiger partial charge in [0.15, 0.2) is 0 Å². The van der Waals surface area contributed by atoms with Crippen molar-refractivity contribution in [2.75, 3.05) is 13.2 Å². The SMILES string of the molecule is O=C(C[C@@H]1CC[C@H](NC(=O)Cc2ccccn2)[C@@H](CO)O1)NCCc1ccncc1. The van der Waals surface area contributed by atoms with Crippen molar-refractivity contribution >= 4 is 11.8 Å². The van der Waals surface area contributed by atoms with E-state index in [1.165, 1.54) is 0 Å². The van der Waals surface area contributed by atoms with Gasteiger partial charge in [-0.2, -0.15) is 0 Å². The van der Waals surface area contributed by atoms with E-state index in [2.05, 4.69) is 20.6 Å². The second kappa shape index (κ2) is 11.4. The van der Waals surface area contributed by atoms with Crippen LogP contribution in [0.1, 0.15) is 30.5 Å². The Bertz CT molecular complexity index is 803. The molecule has 0 radical (unpaired) electrons. The van der Waals surface area contributed by atoms with E-state index >= 15 is 0 Å². The lowest BCUT2D eigenvalue weighted by Crippen LogP contribution is -2.51. The van der Waals surface area contributed by atoms with Gasteiger partial charge in [0.1, 0.15) is 6.10 Å². The third-order valence-corrected chi connectivity index (χ3v) is 5.11. The zero-order valence-electron chi connectivity index (χ0n) is 16.9. The van der Waals surface area contributed by atoms with Crippen molar-refractivity contribution in [1.29, 1.82) is 0 Å². The monoisotopic (exact) mass is 412 g/mol. The van der Waals surface area contributed by atoms with Gasteiger partial charge < -0.3 is 20.5 Å². The lowest BCUT2D eigenvalue weighted by molar-refractivity contribution is -0.135. The van der Waals surface area contributed by atoms with E-state index in [1.54, 1.807) is 30.7 Å². The average Bonchev–Trinajstić information content (AvgIpc) is 2.76. The molecule has 8 nitrogen and oxygen atoms in total. The average molecular weight is 412 g/mol. The first-order chi connectivity index (χ1) is 14.6. The molecule has 1 fully saturated rings. The molecular weight excluding hydrogens is 384 g/mol. The minimum Gasteiger partial charge on any atom is -0.394 e. The van der Waals surface area contributed by atoms with Crippen molar-refractivity contribution in [2.45, 2.75) is 50.4 Å². The minimum absolute atomic E-state index is 0.0802. The summed E-state index contributed by atoms with van der Waals surface area (Å²) in [6, 6.07) is 8.99. The van der Waals surface area contributed by atoms with E-state index in [-0.39, 0.29) is 43.4 Å². The molecule has 0 bridgehead atoms. The molecule has 3 rings (SSSR count). The molecule has 8 heteroatoms. The van der Waals surface area contributed by atoms with Gasteiger partial charge in [-0.25, -0.2) is 0 Å². The van der Waals surface area contributed by atoms with Gasteiger partial charge in [0, 0.05) is 30.8 Å². The molecule has 1 saturated heterocycles. The maximum Gasteiger partial charge on any atom is 0.226 e. The van der Waals surface area contributed by atoms with Gasteiger partial charge in [0.25, 0.3) is 0 Å². The summed E-state index contributed by atoms with van der Waals surface area (Å²) < 4.78 is 5.89. The van der Waals surface area contributed by atoms with Crippen LogP contribution in [0.25, 0.3) is 0 Å². The fourth-order valence-corrected chi connectivity index (χ4v) is 3.55. The molecule has 3 heterocycles. The number of amides is 2. The molecule has 3 N–H and O–H groups in total. The number of aliphatic hydroxyl groups excluding tert-OH is 1. The van der Waals surface area contributed by atoms with E-state index in [4.69, 9.17) is 4.74 Å². The molecule has 0 saturated carbocycles. The smallest absolute Gasteiger partial charge is 0.226 e. The number of aromatic nitrogens is 2. The van der Waals surface area contributed by atoms with Crippen LogP contribution in [0.15, 0.2) is 48.9 Å². The lowest BCUT2D eigenvalue weighted by atomic mass is 9.96. The van der Waals surface area contributed by atoms with Gasteiger partial charge in [0.05, 0.1) is 31.6 Å². The topological polar surface area (TPSA) is 113 Å². The van der Waals surface area contributed by atoms with Gasteiger partial charge in [-0.1, -0.05) is 6.07 Å². The number of pyridine rings is 2. The molecule has 0 spiro atoms. The molecule has 0 unspecified atom stereocenters. The summed E-state index contributed by atoms with van der Waals surface area (Å²) in [5, 5.41) is 15.5. The van der Waals surface area contributed by atoms with Gasteiger partial charge in [-0.15, -0.1) is 0 Å². The van der Waals surface area contributed by atoms with Gasteiger partial charge in [0.2, 0.25) is 11.8 Å². The van der Waals surface area contributed by atoms with Crippen LogP contribution in [0.2, 0.25) is 0 Å². The summed E-state index contributed by atoms with van der Waals surface area (Å²) in [5.41, 5.74) is 1.80. The zero-order chi connectivity index (χ0) is 21.2. The number of nitrogens with one attached hydrogen (secondary N) is 2. The number of rotatable bonds is 9. The predicted octanol–water partition coefficient (Wildman–Crippen LogP) is 0.793. The first kappa shape index (κ1) is 21.9. The van der Waals surface area contributed by atoms with Crippen molar-refractivity contribution in [3.8, 4) is 0 Å². The van der Waals surface area contributed by atoms with Crippen molar-refractivity contribution in [3.05, 3.63) is 60.2 Å². The van der Waals surface area contributed by atoms with Crippen LogP contribution < -0.4 is 10.6 Å². The molecule has 2 aromatic heterocycles. The normalized spacial score (nSPS) is 21.0. The van der Waals surface area contributed by atoms with Crippen molar-refractivity contribution < 1.29 is 19.4 Å². The second-order valence-corrected chi connectivity index (χ2v) is 7.39. The Morgan fingerprint density at radius 2 is 1.93 bits per heavy atom. The number of ether oxygens (including phenoxy) is 1. The van der Waals surface area contributed by atoms with E-state index in [1.807, 2.05) is 18.2 Å². The van der Waals surface area contributed by atoms with E-state index in [0.717, 1.165) is 12.0 Å². The Hall–Kier alpha value is -2.84. The standard InChI is InChI=1S/C22H28N4O4/c27-15-20-19(26-22(29)13-17-3-1-2-9-24-17)5-4-18(30-20)14-21(28)25-12-8-16-6-10-23-11-7-16/h1-3,6-7,9-11,18-20,27H,4-5,8,12-15H2,(H,25,28)(H,26,29)/t18-,19-,20+/m0/s1. The van der Waals surface area contributed by atoms with Crippen molar-refractivity contribution in [2.24, 2.45) is 0 Å². The summed E-state index contributed by atoms with van der Waals surface area (Å²) in [4.78, 5) is 32.6. The molecule has 0 aliphatic carbocycles. The lowest BCUT2D eigenvalue weighted by Gasteiger charge is -2.36. The third-order valence-electron chi connectivity index (χ3n) is 5.11. The van der Waals surface area contributed by atoms with Gasteiger partial charge in [-0.05, 0) is 49.1 Å². The number of carbonyl (C=O) groups is 2. The summed E-state index contributed by atoms with van der Waals surface area (Å²) in [7, 11) is 0. The van der Waals surface area contributed by atoms with E-state index < -0.39 is 6.10 Å². The molecular formula is C22H28N4O4. The second-order valence-electron chi connectivity index (χ2n) is 7.39. The minimum atomic E-state index is -0.527. The van der Waals surface area contributed by atoms with Crippen molar-refractivity contribution in [1.82, 2.24) is 20.6 Å². The summed E-state index contributed by atoms with van der Waals surface area (Å²) >= 11 is 0. The maximum atomic E-state index is 12.3. The van der Waals surface area contributed by atoms with Crippen LogP contribution in [0.3, 0.4) is 0 Å². The van der Waals surface area contributed by atoms with Gasteiger partial charge in [-0.3, -0.25) is 19.6 Å². The number of hydrogen-bond acceptors (Lipinski definition) is 6. The number of aliphatic hydroxyl groups is 1. The molecule has 1 aliphatic rings. The number of hydrogen-bond donors (Lipinski definition) is 3. The molecule has 160 valence electrons. The largest absolute Gasteiger partial charge is 0.394 e. The molecule has 2 aromatic rings. The quantitative estimate of drug-likeness (QED) is 0.561. The highest BCUT2D eigenvalue weighted by Crippen LogP contribution is 2.22. The Morgan fingerprint density at radius 3 is 2.67 bits per heavy atom. The first-order valence-electron chi connectivity index (χ1n) is 10.2. The molecule has 1 aliphatic heterocycles. The number of carbonyl (C=O) groups excluding carboxylic acids is 2. The Balaban J connectivity index is 1.40. The highest BCUT2D eigenvalue weighted by molar-refractivity contribution is 5.78.